The first-order valence-electron chi connectivity index (χ1n) is 14.6. The van der Waals surface area contributed by atoms with Crippen molar-refractivity contribution in [2.24, 2.45) is 0 Å². The Bertz CT molecular complexity index is 1530. The largest absolute Gasteiger partial charge is 0.471 e. The zero-order valence-corrected chi connectivity index (χ0v) is 26.6. The summed E-state index contributed by atoms with van der Waals surface area (Å²) in [7, 11) is 1.52. The molecule has 46 heavy (non-hydrogen) atoms. The monoisotopic (exact) mass is 681 g/mol. The highest BCUT2D eigenvalue weighted by Crippen LogP contribution is 2.30. The lowest BCUT2D eigenvalue weighted by Crippen LogP contribution is -2.64. The number of amides is 3. The van der Waals surface area contributed by atoms with Gasteiger partial charge in [-0.3, -0.25) is 29.2 Å². The standard InChI is InChI=1S/C32H33Cl2F4N5O3/c1-3-23-19-41(27(29(44)39-2)18-21-6-9-25(33)26(34)16-21)14-15-42(23)30(45)28(17-20-4-7-22(35)8-5-20)43(31(46)32(36,37)38)24-10-12-40-13-11-24/h4-13,16,23,27-28H,3,14-15,17-19H2,1-2H3,(H,39,44). The van der Waals surface area contributed by atoms with Crippen LogP contribution >= 0.6 is 23.2 Å². The molecule has 3 unspecified atom stereocenters. The van der Waals surface area contributed by atoms with Gasteiger partial charge in [0.05, 0.1) is 16.1 Å². The number of pyridine rings is 1. The normalized spacial score (nSPS) is 16.9. The Balaban J connectivity index is 1.67. The minimum Gasteiger partial charge on any atom is -0.358 e. The zero-order chi connectivity index (χ0) is 33.6. The second-order valence-electron chi connectivity index (χ2n) is 10.9. The van der Waals surface area contributed by atoms with Gasteiger partial charge in [-0.05, 0) is 60.4 Å². The average Bonchev–Trinajstić information content (AvgIpc) is 3.04. The van der Waals surface area contributed by atoms with Crippen molar-refractivity contribution >= 4 is 46.6 Å². The molecule has 1 aliphatic heterocycles. The summed E-state index contributed by atoms with van der Waals surface area (Å²) >= 11 is 12.3. The third kappa shape index (κ3) is 8.34. The summed E-state index contributed by atoms with van der Waals surface area (Å²) in [5.74, 6) is -3.73. The van der Waals surface area contributed by atoms with Crippen molar-refractivity contribution in [3.63, 3.8) is 0 Å². The summed E-state index contributed by atoms with van der Waals surface area (Å²) in [5, 5.41) is 3.40. The zero-order valence-electron chi connectivity index (χ0n) is 25.1. The molecule has 4 rings (SSSR count). The second kappa shape index (κ2) is 15.2. The van der Waals surface area contributed by atoms with Crippen LogP contribution in [0.1, 0.15) is 24.5 Å². The summed E-state index contributed by atoms with van der Waals surface area (Å²) in [6.45, 7) is 2.39. The van der Waals surface area contributed by atoms with E-state index in [4.69, 9.17) is 23.2 Å². The van der Waals surface area contributed by atoms with Gasteiger partial charge in [0.15, 0.2) is 0 Å². The van der Waals surface area contributed by atoms with Gasteiger partial charge in [-0.2, -0.15) is 13.2 Å². The van der Waals surface area contributed by atoms with Gasteiger partial charge in [-0.1, -0.05) is 48.3 Å². The van der Waals surface area contributed by atoms with E-state index in [1.54, 1.807) is 18.2 Å². The van der Waals surface area contributed by atoms with Gasteiger partial charge in [-0.15, -0.1) is 0 Å². The molecule has 0 aliphatic carbocycles. The minimum absolute atomic E-state index is 0.0799. The van der Waals surface area contributed by atoms with Crippen LogP contribution in [0.15, 0.2) is 67.0 Å². The molecular formula is C32H33Cl2F4N5O3. The molecule has 14 heteroatoms. The topological polar surface area (TPSA) is 85.9 Å². The number of nitrogens with one attached hydrogen (secondary N) is 1. The van der Waals surface area contributed by atoms with Crippen LogP contribution in [-0.2, 0) is 27.2 Å². The smallest absolute Gasteiger partial charge is 0.358 e. The molecule has 0 radical (unpaired) electrons. The van der Waals surface area contributed by atoms with Crippen molar-refractivity contribution in [3.8, 4) is 0 Å². The lowest BCUT2D eigenvalue weighted by molar-refractivity contribution is -0.171. The summed E-state index contributed by atoms with van der Waals surface area (Å²) in [6.07, 6.45) is -2.43. The van der Waals surface area contributed by atoms with Gasteiger partial charge >= 0.3 is 12.1 Å². The van der Waals surface area contributed by atoms with Crippen LogP contribution in [0.25, 0.3) is 0 Å². The Morgan fingerprint density at radius 1 is 0.978 bits per heavy atom. The molecule has 8 nitrogen and oxygen atoms in total. The number of aromatic nitrogens is 1. The first kappa shape index (κ1) is 35.1. The fourth-order valence-corrected chi connectivity index (χ4v) is 5.97. The van der Waals surface area contributed by atoms with Crippen molar-refractivity contribution in [3.05, 3.63) is 94.0 Å². The van der Waals surface area contributed by atoms with Gasteiger partial charge in [0.2, 0.25) is 11.8 Å². The van der Waals surface area contributed by atoms with E-state index in [-0.39, 0.29) is 37.6 Å². The van der Waals surface area contributed by atoms with E-state index in [9.17, 15) is 31.9 Å². The number of hydrogen-bond donors (Lipinski definition) is 1. The highest BCUT2D eigenvalue weighted by molar-refractivity contribution is 6.42. The lowest BCUT2D eigenvalue weighted by Gasteiger charge is -2.46. The summed E-state index contributed by atoms with van der Waals surface area (Å²) < 4.78 is 55.8. The van der Waals surface area contributed by atoms with Crippen LogP contribution in [0.5, 0.6) is 0 Å². The molecule has 2 aromatic carbocycles. The van der Waals surface area contributed by atoms with Crippen LogP contribution in [-0.4, -0.2) is 83.5 Å². The van der Waals surface area contributed by atoms with Crippen LogP contribution < -0.4 is 10.2 Å². The molecule has 246 valence electrons. The van der Waals surface area contributed by atoms with Crippen molar-refractivity contribution < 1.29 is 31.9 Å². The Labute approximate surface area is 274 Å². The van der Waals surface area contributed by atoms with E-state index < -0.39 is 41.9 Å². The summed E-state index contributed by atoms with van der Waals surface area (Å²) in [4.78, 5) is 48.0. The number of benzene rings is 2. The maximum atomic E-state index is 14.4. The number of piperazine rings is 1. The molecule has 0 saturated carbocycles. The van der Waals surface area contributed by atoms with Crippen LogP contribution in [0, 0.1) is 5.82 Å². The summed E-state index contributed by atoms with van der Waals surface area (Å²) in [6, 6.07) is 9.80. The fraction of sp³-hybridized carbons (Fsp3) is 0.375. The number of carbonyl (C=O) groups is 3. The number of nitrogens with zero attached hydrogens (tertiary/aromatic N) is 4. The van der Waals surface area contributed by atoms with Crippen LogP contribution in [0.4, 0.5) is 23.2 Å². The van der Waals surface area contributed by atoms with E-state index in [2.05, 4.69) is 10.3 Å². The fourth-order valence-electron chi connectivity index (χ4n) is 5.65. The molecule has 1 aromatic heterocycles. The molecule has 1 saturated heterocycles. The quantitative estimate of drug-likeness (QED) is 0.293. The lowest BCUT2D eigenvalue weighted by atomic mass is 9.98. The molecule has 1 aliphatic rings. The van der Waals surface area contributed by atoms with Gasteiger partial charge in [0.1, 0.15) is 11.9 Å². The van der Waals surface area contributed by atoms with Crippen LogP contribution in [0.3, 0.4) is 0 Å². The van der Waals surface area contributed by atoms with Gasteiger partial charge in [-0.25, -0.2) is 4.39 Å². The number of likely N-dealkylation sites (N-methyl/N-ethyl adjacent to an activating group) is 1. The number of halogens is 6. The molecule has 3 atom stereocenters. The summed E-state index contributed by atoms with van der Waals surface area (Å²) in [5.41, 5.74) is 0.972. The molecule has 3 aromatic rings. The molecule has 0 spiro atoms. The van der Waals surface area contributed by atoms with Crippen LogP contribution in [0.2, 0.25) is 10.0 Å². The molecule has 3 amide bonds. The van der Waals surface area contributed by atoms with Crippen molar-refractivity contribution in [1.29, 1.82) is 0 Å². The van der Waals surface area contributed by atoms with Crippen molar-refractivity contribution in [2.45, 2.75) is 50.5 Å². The predicted molar refractivity (Wildman–Crippen MR) is 167 cm³/mol. The van der Waals surface area contributed by atoms with E-state index in [1.165, 1.54) is 48.6 Å². The third-order valence-electron chi connectivity index (χ3n) is 8.01. The number of hydrogen-bond acceptors (Lipinski definition) is 5. The Morgan fingerprint density at radius 3 is 2.22 bits per heavy atom. The Kier molecular flexibility index (Phi) is 11.6. The second-order valence-corrected chi connectivity index (χ2v) is 11.7. The van der Waals surface area contributed by atoms with Gasteiger partial charge in [0, 0.05) is 57.2 Å². The molecular weight excluding hydrogens is 649 g/mol. The van der Waals surface area contributed by atoms with Crippen molar-refractivity contribution in [2.75, 3.05) is 31.6 Å². The maximum absolute atomic E-state index is 14.4. The maximum Gasteiger partial charge on any atom is 0.471 e. The third-order valence-corrected chi connectivity index (χ3v) is 8.75. The number of alkyl halides is 3. The SMILES string of the molecule is CCC1CN(C(Cc2ccc(Cl)c(Cl)c2)C(=O)NC)CCN1C(=O)C(Cc1ccc(F)cc1)N(C(=O)C(F)(F)F)c1ccncc1. The highest BCUT2D eigenvalue weighted by atomic mass is 35.5. The first-order valence-corrected chi connectivity index (χ1v) is 15.3. The number of carbonyl (C=O) groups excluding carboxylic acids is 3. The Hall–Kier alpha value is -3.74. The molecule has 1 fully saturated rings. The van der Waals surface area contributed by atoms with E-state index in [0.717, 1.165) is 17.7 Å². The number of rotatable bonds is 10. The minimum atomic E-state index is -5.29. The molecule has 2 heterocycles. The predicted octanol–water partition coefficient (Wildman–Crippen LogP) is 5.31. The first-order chi connectivity index (χ1) is 21.8. The highest BCUT2D eigenvalue weighted by Gasteiger charge is 2.48. The van der Waals surface area contributed by atoms with Gasteiger partial charge in [0.25, 0.3) is 0 Å². The van der Waals surface area contributed by atoms with E-state index in [0.29, 0.717) is 33.4 Å². The molecule has 1 N–H and O–H groups in total. The van der Waals surface area contributed by atoms with Gasteiger partial charge < -0.3 is 10.2 Å². The van der Waals surface area contributed by atoms with Crippen molar-refractivity contribution in [1.82, 2.24) is 20.1 Å². The number of anilines is 1. The molecule has 0 bridgehead atoms. The van der Waals surface area contributed by atoms with E-state index >= 15 is 0 Å². The Morgan fingerprint density at radius 2 is 1.63 bits per heavy atom. The van der Waals surface area contributed by atoms with E-state index in [1.807, 2.05) is 11.8 Å². The average molecular weight is 683 g/mol.